The number of aromatic nitrogens is 4. The zero-order chi connectivity index (χ0) is 10.7. The number of hydrogen-bond acceptors (Lipinski definition) is 4. The fraction of sp³-hybridized carbons (Fsp3) is 0.300. The third kappa shape index (κ3) is 2.31. The van der Waals surface area contributed by atoms with Crippen molar-refractivity contribution in [3.05, 3.63) is 36.0 Å². The largest absolute Gasteiger partial charge is 0.355 e. The molecule has 2 aromatic heterocycles. The molecule has 0 fully saturated rings. The second-order valence-electron chi connectivity index (χ2n) is 3.48. The molecular weight excluding hydrogens is 190 g/mol. The minimum Gasteiger partial charge on any atom is -0.355 e. The lowest BCUT2D eigenvalue weighted by molar-refractivity contribution is 0.887. The third-order valence-electron chi connectivity index (χ3n) is 2.16. The molecule has 0 aliphatic carbocycles. The summed E-state index contributed by atoms with van der Waals surface area (Å²) in [5, 5.41) is 6.69. The molecule has 5 heteroatoms. The monoisotopic (exact) mass is 203 g/mol. The SMILES string of the molecule is Cc1cc(N(C)Cc2cn[nH]c2)ncn1. The summed E-state index contributed by atoms with van der Waals surface area (Å²) >= 11 is 0. The van der Waals surface area contributed by atoms with E-state index in [9.17, 15) is 0 Å². The Balaban J connectivity index is 2.11. The summed E-state index contributed by atoms with van der Waals surface area (Å²) in [5.74, 6) is 0.920. The molecular formula is C10H13N5. The number of nitrogens with zero attached hydrogens (tertiary/aromatic N) is 4. The molecule has 0 aromatic carbocycles. The quantitative estimate of drug-likeness (QED) is 0.812. The normalized spacial score (nSPS) is 10.3. The van der Waals surface area contributed by atoms with Crippen LogP contribution in [0.2, 0.25) is 0 Å². The number of anilines is 1. The van der Waals surface area contributed by atoms with Crippen LogP contribution in [0.4, 0.5) is 5.82 Å². The van der Waals surface area contributed by atoms with Gasteiger partial charge in [-0.15, -0.1) is 0 Å². The molecule has 0 bridgehead atoms. The summed E-state index contributed by atoms with van der Waals surface area (Å²) < 4.78 is 0. The van der Waals surface area contributed by atoms with Crippen molar-refractivity contribution >= 4 is 5.82 Å². The topological polar surface area (TPSA) is 57.7 Å². The first-order valence-corrected chi connectivity index (χ1v) is 4.73. The molecule has 15 heavy (non-hydrogen) atoms. The van der Waals surface area contributed by atoms with Gasteiger partial charge in [-0.25, -0.2) is 9.97 Å². The van der Waals surface area contributed by atoms with Crippen LogP contribution in [-0.2, 0) is 6.54 Å². The maximum Gasteiger partial charge on any atom is 0.132 e. The van der Waals surface area contributed by atoms with Crippen LogP contribution < -0.4 is 4.90 Å². The van der Waals surface area contributed by atoms with Crippen LogP contribution in [-0.4, -0.2) is 27.2 Å². The lowest BCUT2D eigenvalue weighted by atomic mass is 10.3. The van der Waals surface area contributed by atoms with Crippen molar-refractivity contribution in [3.8, 4) is 0 Å². The molecule has 0 atom stereocenters. The van der Waals surface area contributed by atoms with Crippen molar-refractivity contribution in [1.29, 1.82) is 0 Å². The molecule has 0 unspecified atom stereocenters. The molecule has 78 valence electrons. The summed E-state index contributed by atoms with van der Waals surface area (Å²) in [4.78, 5) is 10.3. The molecule has 1 N–H and O–H groups in total. The number of aromatic amines is 1. The number of hydrogen-bond donors (Lipinski definition) is 1. The molecule has 0 spiro atoms. The molecule has 0 radical (unpaired) electrons. The zero-order valence-corrected chi connectivity index (χ0v) is 8.81. The summed E-state index contributed by atoms with van der Waals surface area (Å²) in [6.07, 6.45) is 5.27. The highest BCUT2D eigenvalue weighted by molar-refractivity contribution is 5.38. The van der Waals surface area contributed by atoms with Crippen molar-refractivity contribution in [3.63, 3.8) is 0 Å². The van der Waals surface area contributed by atoms with Crippen molar-refractivity contribution < 1.29 is 0 Å². The Bertz CT molecular complexity index is 423. The second-order valence-corrected chi connectivity index (χ2v) is 3.48. The van der Waals surface area contributed by atoms with E-state index in [2.05, 4.69) is 25.1 Å². The Hall–Kier alpha value is -1.91. The highest BCUT2D eigenvalue weighted by Gasteiger charge is 2.04. The van der Waals surface area contributed by atoms with Crippen LogP contribution in [0.1, 0.15) is 11.3 Å². The van der Waals surface area contributed by atoms with E-state index in [0.717, 1.165) is 23.6 Å². The maximum absolute atomic E-state index is 4.20. The molecule has 0 aliphatic heterocycles. The van der Waals surface area contributed by atoms with Gasteiger partial charge in [0.15, 0.2) is 0 Å². The Kier molecular flexibility index (Phi) is 2.62. The van der Waals surface area contributed by atoms with Crippen molar-refractivity contribution in [2.24, 2.45) is 0 Å². The Morgan fingerprint density at radius 1 is 1.40 bits per heavy atom. The van der Waals surface area contributed by atoms with Gasteiger partial charge in [0.05, 0.1) is 6.20 Å². The van der Waals surface area contributed by atoms with Crippen LogP contribution in [0, 0.1) is 6.92 Å². The molecule has 0 saturated heterocycles. The lowest BCUT2D eigenvalue weighted by Gasteiger charge is -2.16. The highest BCUT2D eigenvalue weighted by Crippen LogP contribution is 2.11. The van der Waals surface area contributed by atoms with Crippen molar-refractivity contribution in [2.45, 2.75) is 13.5 Å². The van der Waals surface area contributed by atoms with Crippen LogP contribution >= 0.6 is 0 Å². The fourth-order valence-corrected chi connectivity index (χ4v) is 1.37. The smallest absolute Gasteiger partial charge is 0.132 e. The number of aryl methyl sites for hydroxylation is 1. The lowest BCUT2D eigenvalue weighted by Crippen LogP contribution is -2.17. The van der Waals surface area contributed by atoms with Gasteiger partial charge >= 0.3 is 0 Å². The standard InChI is InChI=1S/C10H13N5/c1-8-3-10(12-7-11-8)15(2)6-9-4-13-14-5-9/h3-5,7H,6H2,1-2H3,(H,13,14). The minimum atomic E-state index is 0.785. The van der Waals surface area contributed by atoms with Crippen molar-refractivity contribution in [2.75, 3.05) is 11.9 Å². The van der Waals surface area contributed by atoms with Gasteiger partial charge in [-0.1, -0.05) is 0 Å². The van der Waals surface area contributed by atoms with Crippen LogP contribution in [0.5, 0.6) is 0 Å². The molecule has 0 aliphatic rings. The van der Waals surface area contributed by atoms with Crippen LogP contribution in [0.3, 0.4) is 0 Å². The van der Waals surface area contributed by atoms with Gasteiger partial charge in [-0.2, -0.15) is 5.10 Å². The highest BCUT2D eigenvalue weighted by atomic mass is 15.2. The second kappa shape index (κ2) is 4.08. The van der Waals surface area contributed by atoms with E-state index in [1.54, 1.807) is 6.33 Å². The molecule has 2 heterocycles. The van der Waals surface area contributed by atoms with E-state index in [4.69, 9.17) is 0 Å². The van der Waals surface area contributed by atoms with Gasteiger partial charge in [0.1, 0.15) is 12.1 Å². The van der Waals surface area contributed by atoms with E-state index in [1.165, 1.54) is 0 Å². The zero-order valence-electron chi connectivity index (χ0n) is 8.81. The average Bonchev–Trinajstić information content (AvgIpc) is 2.70. The van der Waals surface area contributed by atoms with Crippen LogP contribution in [0.25, 0.3) is 0 Å². The first kappa shape index (κ1) is 9.64. The number of nitrogens with one attached hydrogen (secondary N) is 1. The van der Waals surface area contributed by atoms with Gasteiger partial charge in [0.2, 0.25) is 0 Å². The summed E-state index contributed by atoms with van der Waals surface area (Å²) in [7, 11) is 1.99. The molecule has 2 rings (SSSR count). The molecule has 0 saturated carbocycles. The van der Waals surface area contributed by atoms with Gasteiger partial charge in [0.25, 0.3) is 0 Å². The Morgan fingerprint density at radius 3 is 2.93 bits per heavy atom. The van der Waals surface area contributed by atoms with Gasteiger partial charge in [0, 0.05) is 37.1 Å². The van der Waals surface area contributed by atoms with Gasteiger partial charge in [-0.3, -0.25) is 5.10 Å². The molecule has 2 aromatic rings. The predicted molar refractivity (Wildman–Crippen MR) is 57.5 cm³/mol. The number of H-pyrrole nitrogens is 1. The van der Waals surface area contributed by atoms with E-state index in [1.807, 2.05) is 32.4 Å². The third-order valence-corrected chi connectivity index (χ3v) is 2.16. The first-order chi connectivity index (χ1) is 7.25. The van der Waals surface area contributed by atoms with E-state index >= 15 is 0 Å². The molecule has 5 nitrogen and oxygen atoms in total. The summed E-state index contributed by atoms with van der Waals surface area (Å²) in [5.41, 5.74) is 2.10. The Labute approximate surface area is 88.2 Å². The van der Waals surface area contributed by atoms with Crippen LogP contribution in [0.15, 0.2) is 24.8 Å². The van der Waals surface area contributed by atoms with Gasteiger partial charge in [-0.05, 0) is 6.92 Å². The Morgan fingerprint density at radius 2 is 2.27 bits per heavy atom. The van der Waals surface area contributed by atoms with E-state index in [0.29, 0.717) is 0 Å². The first-order valence-electron chi connectivity index (χ1n) is 4.73. The van der Waals surface area contributed by atoms with E-state index in [-0.39, 0.29) is 0 Å². The maximum atomic E-state index is 4.20. The predicted octanol–water partition coefficient (Wildman–Crippen LogP) is 1.14. The minimum absolute atomic E-state index is 0.785. The fourth-order valence-electron chi connectivity index (χ4n) is 1.37. The average molecular weight is 203 g/mol. The summed E-state index contributed by atoms with van der Waals surface area (Å²) in [6, 6.07) is 1.96. The van der Waals surface area contributed by atoms with Gasteiger partial charge < -0.3 is 4.90 Å². The molecule has 0 amide bonds. The number of rotatable bonds is 3. The van der Waals surface area contributed by atoms with E-state index < -0.39 is 0 Å². The van der Waals surface area contributed by atoms with Crippen molar-refractivity contribution in [1.82, 2.24) is 20.2 Å². The summed E-state index contributed by atoms with van der Waals surface area (Å²) in [6.45, 7) is 2.74.